The summed E-state index contributed by atoms with van der Waals surface area (Å²) in [4.78, 5) is 25.5. The van der Waals surface area contributed by atoms with Gasteiger partial charge in [0.15, 0.2) is 0 Å². The predicted octanol–water partition coefficient (Wildman–Crippen LogP) is 19.2. The van der Waals surface area contributed by atoms with Gasteiger partial charge in [-0.2, -0.15) is 0 Å². The second kappa shape index (κ2) is 21.9. The highest BCUT2D eigenvalue weighted by atomic mass is 16.5. The van der Waals surface area contributed by atoms with Crippen LogP contribution in [0.4, 0.5) is 0 Å². The molecule has 6 bridgehead atoms. The molecule has 6 aliphatic heterocycles. The van der Waals surface area contributed by atoms with Gasteiger partial charge in [-0.25, -0.2) is 0 Å². The van der Waals surface area contributed by atoms with E-state index in [1.54, 1.807) is 11.1 Å². The van der Waals surface area contributed by atoms with Gasteiger partial charge in [0.05, 0.1) is 33.6 Å². The average Bonchev–Trinajstić information content (AvgIpc) is 1.56. The molecular weight excluding hydrogens is 1220 g/mol. The topological polar surface area (TPSA) is 107 Å². The number of Topliss-reactive ketones (excluding diaryl/α,β-unsaturated/α-hetero) is 1. The highest BCUT2D eigenvalue weighted by Gasteiger charge is 2.70. The highest BCUT2D eigenvalue weighted by molar-refractivity contribution is 5.85. The Labute approximate surface area is 586 Å². The molecule has 9 heteroatoms. The predicted molar refractivity (Wildman–Crippen MR) is 392 cm³/mol. The summed E-state index contributed by atoms with van der Waals surface area (Å²) in [6.45, 7) is 7.66. The molecule has 11 aliphatic carbocycles. The molecule has 17 aliphatic rings. The fraction of sp³-hybridized carbons (Fsp3) is 0.556. The van der Waals surface area contributed by atoms with E-state index in [0.29, 0.717) is 66.2 Å². The standard InChI is InChI=1S/2C31H36N2O.C28H29NO2/c2*1-29-12-10-24-17-23-4-5-26(33-25-6-7-25)18-30(23)13-14-31(24,34-30)28(29)9-8-27(29)21-3-2-20-11-15-32-19-22(20)16-21;1-26-10-8-22-15-21-4-5-23(30)16-27(21)11-12-28(22,31-27)25(26)7-6-24(26)19-3-2-18-9-13-29-17-20(18)14-19/h2*2-3,10-11,15-17,19,25-28,33H,4-9,12-14,18H2,1H3;2-3,8-9,13-15,17,24-25H,4-7,10-12,16H2,1H3/t26-,27+,28+,29+,30+,31+;26-,27-,28-,29-,30-,31-;24-,25-,26-,27-,28-/m011/s1. The fourth-order valence-corrected chi connectivity index (χ4v) is 26.1. The summed E-state index contributed by atoms with van der Waals surface area (Å²) in [5, 5.41) is 15.5. The van der Waals surface area contributed by atoms with E-state index in [0.717, 1.165) is 37.8 Å². The van der Waals surface area contributed by atoms with Crippen molar-refractivity contribution in [1.82, 2.24) is 25.6 Å². The van der Waals surface area contributed by atoms with Crippen molar-refractivity contribution in [3.05, 3.63) is 197 Å². The van der Waals surface area contributed by atoms with Crippen molar-refractivity contribution in [2.24, 2.45) is 34.0 Å². The summed E-state index contributed by atoms with van der Waals surface area (Å²) in [7, 11) is 0. The van der Waals surface area contributed by atoms with Crippen LogP contribution in [0.2, 0.25) is 0 Å². The molecule has 99 heavy (non-hydrogen) atoms. The zero-order valence-corrected chi connectivity index (χ0v) is 58.9. The van der Waals surface area contributed by atoms with Gasteiger partial charge >= 0.3 is 0 Å². The molecule has 0 radical (unpaired) electrons. The number of allylic oxidation sites excluding steroid dienone is 3. The number of ether oxygens (including phenoxy) is 3. The van der Waals surface area contributed by atoms with Crippen LogP contribution in [0, 0.1) is 34.0 Å². The third-order valence-electron chi connectivity index (χ3n) is 31.2. The Kier molecular flexibility index (Phi) is 13.6. The minimum atomic E-state index is -0.294. The molecule has 9 heterocycles. The largest absolute Gasteiger partial charge is 0.359 e. The van der Waals surface area contributed by atoms with Crippen molar-refractivity contribution in [3.63, 3.8) is 0 Å². The summed E-state index contributed by atoms with van der Waals surface area (Å²) < 4.78 is 22.0. The fourth-order valence-electron chi connectivity index (χ4n) is 26.1. The number of rotatable bonds is 7. The molecule has 8 saturated carbocycles. The van der Waals surface area contributed by atoms with Crippen LogP contribution in [-0.2, 0) is 19.0 Å². The quantitative estimate of drug-likeness (QED) is 0.162. The maximum absolute atomic E-state index is 12.4. The van der Waals surface area contributed by atoms with E-state index >= 15 is 0 Å². The first kappa shape index (κ1) is 61.5. The number of pyridine rings is 3. The number of fused-ring (bicyclic) bond motifs is 6. The lowest BCUT2D eigenvalue weighted by atomic mass is 9.58. The van der Waals surface area contributed by atoms with Gasteiger partial charge in [0.1, 0.15) is 5.78 Å². The lowest BCUT2D eigenvalue weighted by molar-refractivity contribution is -0.146. The Balaban J connectivity index is 0.0000000977. The first-order chi connectivity index (χ1) is 48.2. The number of aromatic nitrogens is 3. The van der Waals surface area contributed by atoms with Gasteiger partial charge in [-0.3, -0.25) is 19.7 Å². The minimum absolute atomic E-state index is 0.00705. The number of ketones is 1. The van der Waals surface area contributed by atoms with Gasteiger partial charge in [0, 0.05) is 90.3 Å². The van der Waals surface area contributed by atoms with Crippen LogP contribution < -0.4 is 10.6 Å². The van der Waals surface area contributed by atoms with Gasteiger partial charge < -0.3 is 24.8 Å². The second-order valence-electron chi connectivity index (χ2n) is 36.0. The Bertz CT molecular complexity index is 4400. The lowest BCUT2D eigenvalue weighted by Gasteiger charge is -2.54. The number of benzene rings is 3. The molecular formula is C90H101N5O4. The third kappa shape index (κ3) is 9.19. The Morgan fingerprint density at radius 3 is 1.15 bits per heavy atom. The lowest BCUT2D eigenvalue weighted by Crippen LogP contribution is -2.55. The first-order valence-corrected chi connectivity index (χ1v) is 39.6. The van der Waals surface area contributed by atoms with E-state index in [9.17, 15) is 4.79 Å². The van der Waals surface area contributed by atoms with E-state index in [1.807, 2.05) is 37.2 Å². The van der Waals surface area contributed by atoms with Crippen LogP contribution in [0.3, 0.4) is 0 Å². The zero-order chi connectivity index (χ0) is 65.9. The molecule has 9 nitrogen and oxygen atoms in total. The molecule has 11 fully saturated rings. The van der Waals surface area contributed by atoms with Gasteiger partial charge in [0.25, 0.3) is 0 Å². The smallest absolute Gasteiger partial charge is 0.136 e. The maximum atomic E-state index is 12.4. The maximum Gasteiger partial charge on any atom is 0.136 e. The monoisotopic (exact) mass is 1320 g/mol. The minimum Gasteiger partial charge on any atom is -0.359 e. The van der Waals surface area contributed by atoms with Crippen molar-refractivity contribution in [2.75, 3.05) is 0 Å². The first-order valence-electron chi connectivity index (χ1n) is 39.6. The number of hydrogen-bond acceptors (Lipinski definition) is 9. The SMILES string of the molecule is C[C@]12CC=C3C=C4CCC(=O)C[C@]45CC[C@]3(O5)[C@@H]1CC[C@@H]2c1ccc2ccncc2c1.C[C@]12CC=C3C=C4CC[C@@H](NC5CC5)C[C@]45CC[C@]3(O5)[C@@H]1CC[C@@H]2c1ccc2ccncc2c1.C[C@]12CC=C3C=C4CC[C@H](NC5CC5)C[C@]45CC[C@]3(O5)[C@@H]1CC[C@@H]2c1ccc2ccncc2c1. The molecule has 3 saturated heterocycles. The number of carbonyl (C=O) groups is 1. The van der Waals surface area contributed by atoms with E-state index in [4.69, 9.17) is 14.2 Å². The van der Waals surface area contributed by atoms with Crippen molar-refractivity contribution in [3.8, 4) is 0 Å². The van der Waals surface area contributed by atoms with Crippen molar-refractivity contribution in [1.29, 1.82) is 0 Å². The summed E-state index contributed by atoms with van der Waals surface area (Å²) in [6, 6.07) is 30.4. The Morgan fingerprint density at radius 1 is 0.384 bits per heavy atom. The Morgan fingerprint density at radius 2 is 0.758 bits per heavy atom. The molecule has 510 valence electrons. The van der Waals surface area contributed by atoms with Gasteiger partial charge in [-0.05, 0) is 321 Å². The van der Waals surface area contributed by atoms with Crippen molar-refractivity contribution < 1.29 is 19.0 Å². The normalized spacial score (nSPS) is 42.0. The molecule has 23 rings (SSSR count). The number of nitrogens with zero attached hydrogens (tertiary/aromatic N) is 3. The number of nitrogens with one attached hydrogen (secondary N) is 2. The van der Waals surface area contributed by atoms with Gasteiger partial charge in [-0.1, -0.05) is 93.6 Å². The molecule has 6 aromatic rings. The van der Waals surface area contributed by atoms with Crippen LogP contribution in [0.15, 0.2) is 180 Å². The molecule has 0 amide bonds. The van der Waals surface area contributed by atoms with Gasteiger partial charge in [-0.15, -0.1) is 0 Å². The van der Waals surface area contributed by atoms with Crippen LogP contribution in [0.1, 0.15) is 235 Å². The molecule has 2 N–H and O–H groups in total. The summed E-state index contributed by atoms with van der Waals surface area (Å²) >= 11 is 0. The highest BCUT2D eigenvalue weighted by Crippen LogP contribution is 2.73. The summed E-state index contributed by atoms with van der Waals surface area (Å²) in [5.41, 5.74) is 13.7. The molecule has 6 spiro atoms. The van der Waals surface area contributed by atoms with Crippen molar-refractivity contribution in [2.45, 2.75) is 276 Å². The Hall–Kier alpha value is -6.20. The van der Waals surface area contributed by atoms with E-state index in [-0.39, 0.29) is 49.9 Å². The van der Waals surface area contributed by atoms with E-state index in [1.165, 1.54) is 213 Å². The molecule has 3 aromatic heterocycles. The number of carbonyl (C=O) groups excluding carboxylic acids is 1. The zero-order valence-electron chi connectivity index (χ0n) is 58.9. The molecule has 3 aromatic carbocycles. The average molecular weight is 1320 g/mol. The second-order valence-corrected chi connectivity index (χ2v) is 36.0. The third-order valence-corrected chi connectivity index (χ3v) is 31.2. The number of hydrogen-bond donors (Lipinski definition) is 2. The van der Waals surface area contributed by atoms with Crippen molar-refractivity contribution >= 4 is 38.1 Å². The van der Waals surface area contributed by atoms with Crippen LogP contribution in [0.5, 0.6) is 0 Å². The van der Waals surface area contributed by atoms with Crippen LogP contribution in [-0.4, -0.2) is 78.5 Å². The van der Waals surface area contributed by atoms with Gasteiger partial charge in [0.2, 0.25) is 0 Å². The molecule has 17 atom stereocenters. The molecule has 0 unspecified atom stereocenters. The van der Waals surface area contributed by atoms with Crippen LogP contribution in [0.25, 0.3) is 32.3 Å². The van der Waals surface area contributed by atoms with E-state index < -0.39 is 0 Å². The summed E-state index contributed by atoms with van der Waals surface area (Å²) in [6.07, 6.45) is 60.1. The summed E-state index contributed by atoms with van der Waals surface area (Å²) in [5.74, 6) is 3.85. The van der Waals surface area contributed by atoms with E-state index in [2.05, 4.69) is 156 Å². The van der Waals surface area contributed by atoms with Crippen LogP contribution >= 0.6 is 0 Å².